The highest BCUT2D eigenvalue weighted by molar-refractivity contribution is 5.95. The summed E-state index contributed by atoms with van der Waals surface area (Å²) < 4.78 is 67.5. The molecule has 1 spiro atoms. The van der Waals surface area contributed by atoms with Crippen molar-refractivity contribution in [2.24, 2.45) is 5.41 Å². The first kappa shape index (κ1) is 22.3. The van der Waals surface area contributed by atoms with Gasteiger partial charge in [-0.05, 0) is 30.7 Å². The van der Waals surface area contributed by atoms with E-state index in [0.717, 1.165) is 23.2 Å². The van der Waals surface area contributed by atoms with Gasteiger partial charge >= 0.3 is 6.36 Å². The molecule has 1 amide bonds. The van der Waals surface area contributed by atoms with Gasteiger partial charge in [0.25, 0.3) is 12.3 Å². The minimum atomic E-state index is -4.79. The third-order valence-electron chi connectivity index (χ3n) is 6.08. The molecule has 2 aliphatic heterocycles. The monoisotopic (exact) mass is 482 g/mol. The Bertz CT molecular complexity index is 1210. The van der Waals surface area contributed by atoms with Gasteiger partial charge in [-0.1, -0.05) is 0 Å². The van der Waals surface area contributed by atoms with Crippen LogP contribution in [0.2, 0.25) is 0 Å². The summed E-state index contributed by atoms with van der Waals surface area (Å²) in [6, 6.07) is 4.84. The Balaban J connectivity index is 1.22. The van der Waals surface area contributed by atoms with Gasteiger partial charge in [-0.25, -0.2) is 23.4 Å². The van der Waals surface area contributed by atoms with E-state index < -0.39 is 19.3 Å². The molecule has 8 nitrogen and oxygen atoms in total. The van der Waals surface area contributed by atoms with E-state index in [-0.39, 0.29) is 22.6 Å². The molecule has 2 aromatic heterocycles. The first-order chi connectivity index (χ1) is 16.1. The molecule has 2 saturated heterocycles. The highest BCUT2D eigenvalue weighted by Gasteiger charge is 2.49. The number of likely N-dealkylation sites (tertiary alicyclic amines) is 1. The molecule has 3 aromatic rings. The zero-order valence-electron chi connectivity index (χ0n) is 17.7. The molecule has 0 aliphatic carbocycles. The average molecular weight is 482 g/mol. The van der Waals surface area contributed by atoms with Crippen molar-refractivity contribution < 1.29 is 31.5 Å². The molecule has 2 aliphatic rings. The predicted octanol–water partition coefficient (Wildman–Crippen LogP) is 3.34. The smallest absolute Gasteiger partial charge is 0.406 e. The number of ether oxygens (including phenoxy) is 1. The lowest BCUT2D eigenvalue weighted by Crippen LogP contribution is -2.59. The van der Waals surface area contributed by atoms with Crippen molar-refractivity contribution in [3.8, 4) is 5.75 Å². The normalized spacial score (nSPS) is 17.6. The summed E-state index contributed by atoms with van der Waals surface area (Å²) in [6.07, 6.45) is -3.55. The van der Waals surface area contributed by atoms with Gasteiger partial charge in [0.2, 0.25) is 0 Å². The second kappa shape index (κ2) is 8.06. The van der Waals surface area contributed by atoms with Crippen LogP contribution in [0.5, 0.6) is 5.75 Å². The lowest BCUT2D eigenvalue weighted by Gasteiger charge is -2.48. The van der Waals surface area contributed by atoms with Gasteiger partial charge in [0.05, 0.1) is 12.4 Å². The summed E-state index contributed by atoms with van der Waals surface area (Å²) in [7, 11) is 0. The standard InChI is InChI=1S/C21H19F5N6O2/c22-16(23)9-32-18-15(7-28-32)27-8-17(29-18)30-6-5-20(10-30)11-31(12-20)19(33)13-1-3-14(4-2-13)34-21(24,25)26/h1-4,7-8,16H,5-6,9-12H2. The van der Waals surface area contributed by atoms with Crippen molar-refractivity contribution in [1.29, 1.82) is 0 Å². The van der Waals surface area contributed by atoms with E-state index >= 15 is 0 Å². The maximum atomic E-state index is 12.8. The third kappa shape index (κ3) is 4.33. The van der Waals surface area contributed by atoms with Gasteiger partial charge in [0.1, 0.15) is 23.6 Å². The number of carbonyl (C=O) groups is 1. The summed E-state index contributed by atoms with van der Waals surface area (Å²) in [5.74, 6) is -0.0892. The lowest BCUT2D eigenvalue weighted by atomic mass is 9.78. The number of rotatable bonds is 5. The Morgan fingerprint density at radius 2 is 1.85 bits per heavy atom. The van der Waals surface area contributed by atoms with Crippen LogP contribution in [-0.4, -0.2) is 69.5 Å². The van der Waals surface area contributed by atoms with E-state index in [4.69, 9.17) is 0 Å². The molecule has 13 heteroatoms. The Kier molecular flexibility index (Phi) is 5.29. The number of halogens is 5. The van der Waals surface area contributed by atoms with Crippen molar-refractivity contribution in [3.63, 3.8) is 0 Å². The number of hydrogen-bond donors (Lipinski definition) is 0. The molecule has 0 atom stereocenters. The number of fused-ring (bicyclic) bond motifs is 1. The fourth-order valence-electron chi connectivity index (χ4n) is 4.53. The molecule has 34 heavy (non-hydrogen) atoms. The second-order valence-corrected chi connectivity index (χ2v) is 8.56. The highest BCUT2D eigenvalue weighted by atomic mass is 19.4. The van der Waals surface area contributed by atoms with Crippen LogP contribution in [0.1, 0.15) is 16.8 Å². The summed E-state index contributed by atoms with van der Waals surface area (Å²) in [5, 5.41) is 3.93. The first-order valence-electron chi connectivity index (χ1n) is 10.5. The Morgan fingerprint density at radius 1 is 1.12 bits per heavy atom. The number of carbonyl (C=O) groups excluding carboxylic acids is 1. The number of benzene rings is 1. The molecule has 0 unspecified atom stereocenters. The van der Waals surface area contributed by atoms with Gasteiger partial charge in [-0.3, -0.25) is 4.79 Å². The molecule has 0 saturated carbocycles. The minimum Gasteiger partial charge on any atom is -0.406 e. The number of amides is 1. The van der Waals surface area contributed by atoms with Crippen LogP contribution in [0.15, 0.2) is 36.7 Å². The lowest BCUT2D eigenvalue weighted by molar-refractivity contribution is -0.274. The van der Waals surface area contributed by atoms with Crippen LogP contribution in [0.25, 0.3) is 11.2 Å². The maximum absolute atomic E-state index is 12.8. The number of hydrogen-bond acceptors (Lipinski definition) is 6. The van der Waals surface area contributed by atoms with Crippen molar-refractivity contribution in [1.82, 2.24) is 24.6 Å². The van der Waals surface area contributed by atoms with Crippen molar-refractivity contribution in [2.45, 2.75) is 25.8 Å². The first-order valence-corrected chi connectivity index (χ1v) is 10.5. The van der Waals surface area contributed by atoms with Gasteiger partial charge in [-0.15, -0.1) is 13.2 Å². The second-order valence-electron chi connectivity index (χ2n) is 8.56. The molecule has 0 N–H and O–H groups in total. The van der Waals surface area contributed by atoms with Crippen molar-refractivity contribution in [3.05, 3.63) is 42.2 Å². The Morgan fingerprint density at radius 3 is 2.53 bits per heavy atom. The van der Waals surface area contributed by atoms with E-state index in [2.05, 4.69) is 19.8 Å². The fourth-order valence-corrected chi connectivity index (χ4v) is 4.53. The summed E-state index contributed by atoms with van der Waals surface area (Å²) in [5.41, 5.74) is 0.879. The largest absolute Gasteiger partial charge is 0.573 e. The molecule has 2 fully saturated rings. The van der Waals surface area contributed by atoms with E-state index in [1.807, 2.05) is 4.90 Å². The molecule has 5 rings (SSSR count). The molecule has 180 valence electrons. The van der Waals surface area contributed by atoms with E-state index in [1.54, 1.807) is 11.1 Å². The Hall–Kier alpha value is -3.51. The van der Waals surface area contributed by atoms with Crippen LogP contribution in [0.3, 0.4) is 0 Å². The zero-order valence-corrected chi connectivity index (χ0v) is 17.7. The van der Waals surface area contributed by atoms with Crippen LogP contribution in [0, 0.1) is 5.41 Å². The quantitative estimate of drug-likeness (QED) is 0.520. The molecular weight excluding hydrogens is 463 g/mol. The Labute approximate surface area is 189 Å². The van der Waals surface area contributed by atoms with Crippen molar-refractivity contribution >= 4 is 22.9 Å². The third-order valence-corrected chi connectivity index (χ3v) is 6.08. The van der Waals surface area contributed by atoms with E-state index in [9.17, 15) is 26.7 Å². The zero-order chi connectivity index (χ0) is 24.1. The van der Waals surface area contributed by atoms with Gasteiger partial charge in [0.15, 0.2) is 5.65 Å². The van der Waals surface area contributed by atoms with Crippen LogP contribution >= 0.6 is 0 Å². The van der Waals surface area contributed by atoms with Crippen LogP contribution in [-0.2, 0) is 6.54 Å². The minimum absolute atomic E-state index is 0.130. The SMILES string of the molecule is O=C(c1ccc(OC(F)(F)F)cc1)N1CC2(CCN(c3cnc4cnn(CC(F)F)c4n3)C2)C1. The van der Waals surface area contributed by atoms with Gasteiger partial charge < -0.3 is 14.5 Å². The van der Waals surface area contributed by atoms with E-state index in [1.165, 1.54) is 18.3 Å². The van der Waals surface area contributed by atoms with Crippen LogP contribution in [0.4, 0.5) is 27.8 Å². The summed E-state index contributed by atoms with van der Waals surface area (Å²) in [6.45, 7) is 1.74. The summed E-state index contributed by atoms with van der Waals surface area (Å²) >= 11 is 0. The molecule has 0 radical (unpaired) electrons. The molecule has 1 aromatic carbocycles. The highest BCUT2D eigenvalue weighted by Crippen LogP contribution is 2.41. The van der Waals surface area contributed by atoms with Crippen LogP contribution < -0.4 is 9.64 Å². The maximum Gasteiger partial charge on any atom is 0.573 e. The topological polar surface area (TPSA) is 76.4 Å². The van der Waals surface area contributed by atoms with E-state index in [0.29, 0.717) is 43.2 Å². The van der Waals surface area contributed by atoms with Gasteiger partial charge in [0, 0.05) is 37.2 Å². The number of anilines is 1. The predicted molar refractivity (Wildman–Crippen MR) is 110 cm³/mol. The number of alkyl halides is 5. The molecular formula is C21H19F5N6O2. The fraction of sp³-hybridized carbons (Fsp3) is 0.429. The number of aromatic nitrogens is 4. The average Bonchev–Trinajstić information content (AvgIpc) is 3.36. The van der Waals surface area contributed by atoms with Crippen molar-refractivity contribution in [2.75, 3.05) is 31.1 Å². The van der Waals surface area contributed by atoms with Gasteiger partial charge in [-0.2, -0.15) is 5.10 Å². The number of nitrogens with zero attached hydrogens (tertiary/aromatic N) is 6. The molecule has 0 bridgehead atoms. The molecule has 4 heterocycles. The summed E-state index contributed by atoms with van der Waals surface area (Å²) in [4.78, 5) is 25.1.